The number of carbonyl (C=O) groups excluding carboxylic acids is 1. The van der Waals surface area contributed by atoms with Gasteiger partial charge >= 0.3 is 0 Å². The average molecular weight is 349 g/mol. The van der Waals surface area contributed by atoms with Crippen LogP contribution in [0.4, 0.5) is 0 Å². The average Bonchev–Trinajstić information content (AvgIpc) is 2.53. The quantitative estimate of drug-likeness (QED) is 0.796. The number of para-hydroxylation sites is 2. The molecule has 0 N–H and O–H groups in total. The minimum atomic E-state index is -0.678. The molecule has 1 heterocycles. The van der Waals surface area contributed by atoms with E-state index in [1.54, 1.807) is 18.2 Å². The lowest BCUT2D eigenvalue weighted by molar-refractivity contribution is 0.0583. The molecule has 4 nitrogen and oxygen atoms in total. The number of Topliss-reactive ketones (excluding diaryl/α,β-unsaturated/α-hetero) is 1. The number of benzene rings is 2. The molecule has 0 bridgehead atoms. The molecule has 2 aromatic rings. The standard InChI is InChI=1S/C16H13BrO4/c1-19-12-7-6-10(17)8-11(12)16(18)15-9-20-13-4-2-3-5-14(13)21-15/h2-8,15H,9H2,1H3. The molecule has 0 radical (unpaired) electrons. The molecule has 0 amide bonds. The summed E-state index contributed by atoms with van der Waals surface area (Å²) >= 11 is 3.36. The Labute approximate surface area is 130 Å². The van der Waals surface area contributed by atoms with Crippen LogP contribution in [0.15, 0.2) is 46.9 Å². The second-order valence-corrected chi connectivity index (χ2v) is 5.49. The monoisotopic (exact) mass is 348 g/mol. The van der Waals surface area contributed by atoms with Crippen molar-refractivity contribution >= 4 is 21.7 Å². The van der Waals surface area contributed by atoms with Gasteiger partial charge in [0, 0.05) is 4.47 Å². The van der Waals surface area contributed by atoms with Crippen molar-refractivity contribution in [3.05, 3.63) is 52.5 Å². The molecule has 1 aliphatic heterocycles. The van der Waals surface area contributed by atoms with Gasteiger partial charge in [-0.25, -0.2) is 0 Å². The molecule has 0 spiro atoms. The van der Waals surface area contributed by atoms with E-state index in [2.05, 4.69) is 15.9 Å². The Morgan fingerprint density at radius 3 is 2.76 bits per heavy atom. The molecular formula is C16H13BrO4. The van der Waals surface area contributed by atoms with Crippen LogP contribution in [-0.2, 0) is 0 Å². The highest BCUT2D eigenvalue weighted by Crippen LogP contribution is 2.33. The van der Waals surface area contributed by atoms with E-state index >= 15 is 0 Å². The zero-order chi connectivity index (χ0) is 14.8. The minimum absolute atomic E-state index is 0.164. The largest absolute Gasteiger partial charge is 0.496 e. The summed E-state index contributed by atoms with van der Waals surface area (Å²) in [5.41, 5.74) is 0.472. The topological polar surface area (TPSA) is 44.8 Å². The molecule has 1 unspecified atom stereocenters. The molecule has 3 rings (SSSR count). The zero-order valence-electron chi connectivity index (χ0n) is 11.3. The van der Waals surface area contributed by atoms with Gasteiger partial charge in [-0.2, -0.15) is 0 Å². The van der Waals surface area contributed by atoms with Crippen LogP contribution < -0.4 is 14.2 Å². The highest BCUT2D eigenvalue weighted by molar-refractivity contribution is 9.10. The van der Waals surface area contributed by atoms with Crippen LogP contribution in [0.2, 0.25) is 0 Å². The number of ether oxygens (including phenoxy) is 3. The summed E-state index contributed by atoms with van der Waals surface area (Å²) < 4.78 is 17.4. The van der Waals surface area contributed by atoms with Crippen molar-refractivity contribution in [3.63, 3.8) is 0 Å². The van der Waals surface area contributed by atoms with E-state index in [9.17, 15) is 4.79 Å². The van der Waals surface area contributed by atoms with Gasteiger partial charge in [0.2, 0.25) is 5.78 Å². The van der Waals surface area contributed by atoms with Crippen LogP contribution in [0.5, 0.6) is 17.2 Å². The van der Waals surface area contributed by atoms with Gasteiger partial charge < -0.3 is 14.2 Å². The first-order chi connectivity index (χ1) is 10.2. The third-order valence-electron chi connectivity index (χ3n) is 3.23. The number of halogens is 1. The van der Waals surface area contributed by atoms with Crippen molar-refractivity contribution in [2.24, 2.45) is 0 Å². The van der Waals surface area contributed by atoms with Gasteiger partial charge in [-0.05, 0) is 30.3 Å². The normalized spacial score (nSPS) is 16.4. The highest BCUT2D eigenvalue weighted by atomic mass is 79.9. The maximum Gasteiger partial charge on any atom is 0.210 e. The second kappa shape index (κ2) is 5.77. The van der Waals surface area contributed by atoms with Gasteiger partial charge in [0.1, 0.15) is 12.4 Å². The lowest BCUT2D eigenvalue weighted by Crippen LogP contribution is -2.36. The van der Waals surface area contributed by atoms with Gasteiger partial charge in [-0.3, -0.25) is 4.79 Å². The third-order valence-corrected chi connectivity index (χ3v) is 3.72. The fraction of sp³-hybridized carbons (Fsp3) is 0.188. The Bertz CT molecular complexity index is 684. The summed E-state index contributed by atoms with van der Waals surface area (Å²) in [6.45, 7) is 0.186. The molecule has 1 aliphatic rings. The lowest BCUT2D eigenvalue weighted by Gasteiger charge is -2.25. The van der Waals surface area contributed by atoms with E-state index in [0.29, 0.717) is 22.8 Å². The second-order valence-electron chi connectivity index (χ2n) is 4.57. The molecule has 2 aromatic carbocycles. The number of rotatable bonds is 3. The first-order valence-corrected chi connectivity index (χ1v) is 7.24. The fourth-order valence-corrected chi connectivity index (χ4v) is 2.56. The van der Waals surface area contributed by atoms with Gasteiger partial charge in [-0.15, -0.1) is 0 Å². The third kappa shape index (κ3) is 2.74. The van der Waals surface area contributed by atoms with E-state index in [1.165, 1.54) is 7.11 Å². The minimum Gasteiger partial charge on any atom is -0.496 e. The SMILES string of the molecule is COc1ccc(Br)cc1C(=O)C1COc2ccccc2O1. The van der Waals surface area contributed by atoms with Crippen LogP contribution in [0, 0.1) is 0 Å². The van der Waals surface area contributed by atoms with Crippen molar-refractivity contribution in [3.8, 4) is 17.2 Å². The first-order valence-electron chi connectivity index (χ1n) is 6.45. The van der Waals surface area contributed by atoms with Crippen molar-refractivity contribution in [2.45, 2.75) is 6.10 Å². The summed E-state index contributed by atoms with van der Waals surface area (Å²) in [4.78, 5) is 12.6. The molecule has 108 valence electrons. The van der Waals surface area contributed by atoms with Gasteiger partial charge in [0.25, 0.3) is 0 Å². The zero-order valence-corrected chi connectivity index (χ0v) is 12.9. The molecule has 5 heteroatoms. The summed E-state index contributed by atoms with van der Waals surface area (Å²) in [7, 11) is 1.54. The number of carbonyl (C=O) groups is 1. The van der Waals surface area contributed by atoms with Gasteiger partial charge in [0.15, 0.2) is 17.6 Å². The Morgan fingerprint density at radius 1 is 1.24 bits per heavy atom. The van der Waals surface area contributed by atoms with Crippen LogP contribution >= 0.6 is 15.9 Å². The van der Waals surface area contributed by atoms with Crippen molar-refractivity contribution in [1.82, 2.24) is 0 Å². The predicted molar refractivity (Wildman–Crippen MR) is 81.4 cm³/mol. The first kappa shape index (κ1) is 13.9. The number of hydrogen-bond donors (Lipinski definition) is 0. The lowest BCUT2D eigenvalue weighted by atomic mass is 10.0. The Balaban J connectivity index is 1.89. The molecular weight excluding hydrogens is 336 g/mol. The maximum atomic E-state index is 12.6. The van der Waals surface area contributed by atoms with Crippen LogP contribution in [0.1, 0.15) is 10.4 Å². The molecule has 0 aliphatic carbocycles. The van der Waals surface area contributed by atoms with E-state index in [0.717, 1.165) is 4.47 Å². The summed E-state index contributed by atoms with van der Waals surface area (Å²) in [5.74, 6) is 1.59. The molecule has 0 aromatic heterocycles. The fourth-order valence-electron chi connectivity index (χ4n) is 2.19. The Kier molecular flexibility index (Phi) is 3.84. The van der Waals surface area contributed by atoms with E-state index < -0.39 is 6.10 Å². The number of fused-ring (bicyclic) bond motifs is 1. The van der Waals surface area contributed by atoms with Gasteiger partial charge in [-0.1, -0.05) is 28.1 Å². The Morgan fingerprint density at radius 2 is 2.00 bits per heavy atom. The summed E-state index contributed by atoms with van der Waals surface area (Å²) in [5, 5.41) is 0. The van der Waals surface area contributed by atoms with Crippen molar-refractivity contribution < 1.29 is 19.0 Å². The number of ketones is 1. The maximum absolute atomic E-state index is 12.6. The smallest absolute Gasteiger partial charge is 0.210 e. The van der Waals surface area contributed by atoms with Crippen LogP contribution in [0.25, 0.3) is 0 Å². The molecule has 0 saturated carbocycles. The number of hydrogen-bond acceptors (Lipinski definition) is 4. The van der Waals surface area contributed by atoms with E-state index in [1.807, 2.05) is 24.3 Å². The highest BCUT2D eigenvalue weighted by Gasteiger charge is 2.30. The van der Waals surface area contributed by atoms with Crippen LogP contribution in [0.3, 0.4) is 0 Å². The molecule has 21 heavy (non-hydrogen) atoms. The summed E-state index contributed by atoms with van der Waals surface area (Å²) in [6.07, 6.45) is -0.678. The Hall–Kier alpha value is -2.01. The molecule has 1 atom stereocenters. The molecule has 0 fully saturated rings. The van der Waals surface area contributed by atoms with Crippen molar-refractivity contribution in [2.75, 3.05) is 13.7 Å². The van der Waals surface area contributed by atoms with Gasteiger partial charge in [0.05, 0.1) is 12.7 Å². The van der Waals surface area contributed by atoms with Crippen molar-refractivity contribution in [1.29, 1.82) is 0 Å². The van der Waals surface area contributed by atoms with E-state index in [-0.39, 0.29) is 12.4 Å². The van der Waals surface area contributed by atoms with E-state index in [4.69, 9.17) is 14.2 Å². The number of methoxy groups -OCH3 is 1. The predicted octanol–water partition coefficient (Wildman–Crippen LogP) is 3.48. The van der Waals surface area contributed by atoms with Crippen LogP contribution in [-0.4, -0.2) is 25.6 Å². The molecule has 0 saturated heterocycles. The summed E-state index contributed by atoms with van der Waals surface area (Å²) in [6, 6.07) is 12.6.